The van der Waals surface area contributed by atoms with Crippen LogP contribution in [0.3, 0.4) is 0 Å². The third-order valence-electron chi connectivity index (χ3n) is 3.25. The second kappa shape index (κ2) is 5.62. The molecule has 1 aromatic rings. The predicted octanol–water partition coefficient (Wildman–Crippen LogP) is 1.41. The second-order valence-corrected chi connectivity index (χ2v) is 4.55. The molecule has 0 saturated carbocycles. The maximum absolute atomic E-state index is 12.1. The van der Waals surface area contributed by atoms with Crippen molar-refractivity contribution in [3.63, 3.8) is 0 Å². The largest absolute Gasteiger partial charge is 0.481 e. The summed E-state index contributed by atoms with van der Waals surface area (Å²) in [6.45, 7) is 1.24. The van der Waals surface area contributed by atoms with Crippen molar-refractivity contribution in [3.05, 3.63) is 30.1 Å². The van der Waals surface area contributed by atoms with Gasteiger partial charge in [0.15, 0.2) is 0 Å². The predicted molar refractivity (Wildman–Crippen MR) is 65.1 cm³/mol. The second-order valence-electron chi connectivity index (χ2n) is 4.55. The zero-order valence-electron chi connectivity index (χ0n) is 10.1. The first-order chi connectivity index (χ1) is 8.66. The van der Waals surface area contributed by atoms with E-state index in [9.17, 15) is 9.59 Å². The molecular formula is C13H16N2O3. The summed E-state index contributed by atoms with van der Waals surface area (Å²) < 4.78 is 0. The molecular weight excluding hydrogens is 232 g/mol. The van der Waals surface area contributed by atoms with Crippen molar-refractivity contribution in [1.82, 2.24) is 9.88 Å². The summed E-state index contributed by atoms with van der Waals surface area (Å²) in [5, 5.41) is 8.73. The van der Waals surface area contributed by atoms with Gasteiger partial charge in [0.25, 0.3) is 5.91 Å². The molecule has 0 aromatic carbocycles. The molecule has 0 aliphatic carbocycles. The number of carboxylic acid groups (broad SMARTS) is 1. The first kappa shape index (κ1) is 12.5. The Labute approximate surface area is 105 Å². The number of likely N-dealkylation sites (tertiary alicyclic amines) is 1. The number of nitrogens with zero attached hydrogens (tertiary/aromatic N) is 2. The van der Waals surface area contributed by atoms with Crippen molar-refractivity contribution >= 4 is 11.9 Å². The van der Waals surface area contributed by atoms with Crippen LogP contribution in [0, 0.1) is 5.92 Å². The van der Waals surface area contributed by atoms with E-state index in [2.05, 4.69) is 4.98 Å². The van der Waals surface area contributed by atoms with Crippen LogP contribution in [0.25, 0.3) is 0 Å². The van der Waals surface area contributed by atoms with Gasteiger partial charge in [0.1, 0.15) is 5.69 Å². The van der Waals surface area contributed by atoms with Crippen LogP contribution in [-0.4, -0.2) is 40.0 Å². The Morgan fingerprint density at radius 3 is 2.61 bits per heavy atom. The molecule has 96 valence electrons. The highest BCUT2D eigenvalue weighted by Gasteiger charge is 2.25. The van der Waals surface area contributed by atoms with Gasteiger partial charge in [-0.2, -0.15) is 0 Å². The average Bonchev–Trinajstić information content (AvgIpc) is 2.39. The quantitative estimate of drug-likeness (QED) is 0.878. The highest BCUT2D eigenvalue weighted by atomic mass is 16.4. The van der Waals surface area contributed by atoms with Gasteiger partial charge in [0.05, 0.1) is 0 Å². The number of aliphatic carboxylic acids is 1. The van der Waals surface area contributed by atoms with E-state index in [-0.39, 0.29) is 18.2 Å². The lowest BCUT2D eigenvalue weighted by atomic mass is 9.93. The zero-order valence-corrected chi connectivity index (χ0v) is 10.1. The van der Waals surface area contributed by atoms with Gasteiger partial charge in [-0.05, 0) is 30.9 Å². The number of aromatic nitrogens is 1. The Morgan fingerprint density at radius 1 is 1.33 bits per heavy atom. The van der Waals surface area contributed by atoms with Crippen LogP contribution in [0.5, 0.6) is 0 Å². The molecule has 1 aromatic heterocycles. The molecule has 2 rings (SSSR count). The maximum Gasteiger partial charge on any atom is 0.303 e. The molecule has 0 spiro atoms. The molecule has 5 nitrogen and oxygen atoms in total. The number of carbonyl (C=O) groups excluding carboxylic acids is 1. The molecule has 1 amide bonds. The number of hydrogen-bond donors (Lipinski definition) is 1. The topological polar surface area (TPSA) is 70.5 Å². The van der Waals surface area contributed by atoms with Crippen LogP contribution in [0.2, 0.25) is 0 Å². The fourth-order valence-corrected chi connectivity index (χ4v) is 2.24. The molecule has 0 unspecified atom stereocenters. The molecule has 5 heteroatoms. The van der Waals surface area contributed by atoms with Gasteiger partial charge < -0.3 is 10.0 Å². The van der Waals surface area contributed by atoms with Crippen LogP contribution in [0.1, 0.15) is 29.8 Å². The zero-order chi connectivity index (χ0) is 13.0. The van der Waals surface area contributed by atoms with E-state index in [1.54, 1.807) is 29.3 Å². The van der Waals surface area contributed by atoms with Crippen LogP contribution < -0.4 is 0 Å². The van der Waals surface area contributed by atoms with E-state index < -0.39 is 5.97 Å². The van der Waals surface area contributed by atoms with Crippen molar-refractivity contribution in [1.29, 1.82) is 0 Å². The van der Waals surface area contributed by atoms with Crippen molar-refractivity contribution < 1.29 is 14.7 Å². The Kier molecular flexibility index (Phi) is 3.92. The summed E-state index contributed by atoms with van der Waals surface area (Å²) in [5.41, 5.74) is 0.453. The van der Waals surface area contributed by atoms with E-state index in [0.717, 1.165) is 12.8 Å². The molecule has 1 saturated heterocycles. The summed E-state index contributed by atoms with van der Waals surface area (Å²) in [6.07, 6.45) is 3.31. The first-order valence-corrected chi connectivity index (χ1v) is 6.09. The van der Waals surface area contributed by atoms with E-state index >= 15 is 0 Å². The first-order valence-electron chi connectivity index (χ1n) is 6.09. The standard InChI is InChI=1S/C13H16N2O3/c16-12(17)9-10-4-7-15(8-5-10)13(18)11-3-1-2-6-14-11/h1-3,6,10H,4-5,7-9H2,(H,16,17). The van der Waals surface area contributed by atoms with Crippen molar-refractivity contribution in [3.8, 4) is 0 Å². The SMILES string of the molecule is O=C(O)CC1CCN(C(=O)c2ccccn2)CC1. The van der Waals surface area contributed by atoms with Gasteiger partial charge in [0, 0.05) is 25.7 Å². The lowest BCUT2D eigenvalue weighted by Crippen LogP contribution is -2.39. The molecule has 0 bridgehead atoms. The molecule has 18 heavy (non-hydrogen) atoms. The third kappa shape index (κ3) is 3.06. The van der Waals surface area contributed by atoms with Crippen LogP contribution >= 0.6 is 0 Å². The van der Waals surface area contributed by atoms with Crippen molar-refractivity contribution in [2.75, 3.05) is 13.1 Å². The Morgan fingerprint density at radius 2 is 2.06 bits per heavy atom. The molecule has 2 heterocycles. The van der Waals surface area contributed by atoms with E-state index in [1.807, 2.05) is 0 Å². The minimum absolute atomic E-state index is 0.0654. The fraction of sp³-hybridized carbons (Fsp3) is 0.462. The van der Waals surface area contributed by atoms with E-state index in [4.69, 9.17) is 5.11 Å². The van der Waals surface area contributed by atoms with Gasteiger partial charge >= 0.3 is 5.97 Å². The van der Waals surface area contributed by atoms with Crippen molar-refractivity contribution in [2.45, 2.75) is 19.3 Å². The highest BCUT2D eigenvalue weighted by molar-refractivity contribution is 5.92. The summed E-state index contributed by atoms with van der Waals surface area (Å²) in [6, 6.07) is 5.26. The summed E-state index contributed by atoms with van der Waals surface area (Å²) in [4.78, 5) is 28.5. The van der Waals surface area contributed by atoms with E-state index in [1.165, 1.54) is 0 Å². The van der Waals surface area contributed by atoms with Crippen molar-refractivity contribution in [2.24, 2.45) is 5.92 Å². The van der Waals surface area contributed by atoms with Crippen LogP contribution in [0.15, 0.2) is 24.4 Å². The minimum Gasteiger partial charge on any atom is -0.481 e. The van der Waals surface area contributed by atoms with Gasteiger partial charge in [-0.3, -0.25) is 14.6 Å². The Bertz CT molecular complexity index is 425. The number of carboxylic acids is 1. The molecule has 0 atom stereocenters. The highest BCUT2D eigenvalue weighted by Crippen LogP contribution is 2.21. The van der Waals surface area contributed by atoms with Crippen LogP contribution in [-0.2, 0) is 4.79 Å². The maximum atomic E-state index is 12.1. The molecule has 1 N–H and O–H groups in total. The summed E-state index contributed by atoms with van der Waals surface area (Å²) in [5.74, 6) is -0.635. The molecule has 0 radical (unpaired) electrons. The summed E-state index contributed by atoms with van der Waals surface area (Å²) in [7, 11) is 0. The number of pyridine rings is 1. The number of rotatable bonds is 3. The molecule has 1 aliphatic heterocycles. The smallest absolute Gasteiger partial charge is 0.303 e. The van der Waals surface area contributed by atoms with Gasteiger partial charge in [0.2, 0.25) is 0 Å². The lowest BCUT2D eigenvalue weighted by molar-refractivity contribution is -0.138. The van der Waals surface area contributed by atoms with Gasteiger partial charge in [-0.15, -0.1) is 0 Å². The van der Waals surface area contributed by atoms with E-state index in [0.29, 0.717) is 18.8 Å². The number of amides is 1. The van der Waals surface area contributed by atoms with Gasteiger partial charge in [-0.1, -0.05) is 6.07 Å². The third-order valence-corrected chi connectivity index (χ3v) is 3.25. The monoisotopic (exact) mass is 248 g/mol. The Balaban J connectivity index is 1.90. The van der Waals surface area contributed by atoms with Gasteiger partial charge in [-0.25, -0.2) is 0 Å². The van der Waals surface area contributed by atoms with Crippen LogP contribution in [0.4, 0.5) is 0 Å². The molecule has 1 aliphatic rings. The normalized spacial score (nSPS) is 16.6. The summed E-state index contributed by atoms with van der Waals surface area (Å²) >= 11 is 0. The number of carbonyl (C=O) groups is 2. The fourth-order valence-electron chi connectivity index (χ4n) is 2.24. The molecule has 1 fully saturated rings. The number of piperidine rings is 1. The minimum atomic E-state index is -0.760. The number of hydrogen-bond acceptors (Lipinski definition) is 3. The average molecular weight is 248 g/mol. The lowest BCUT2D eigenvalue weighted by Gasteiger charge is -2.31. The Hall–Kier alpha value is -1.91.